The van der Waals surface area contributed by atoms with Crippen LogP contribution < -0.4 is 15.4 Å². The molecule has 32 heavy (non-hydrogen) atoms. The number of amides is 2. The lowest BCUT2D eigenvalue weighted by Gasteiger charge is -2.27. The average Bonchev–Trinajstić information content (AvgIpc) is 3.27. The minimum Gasteiger partial charge on any atom is -0.484 e. The minimum atomic E-state index is -0.380. The molecule has 0 aliphatic carbocycles. The van der Waals surface area contributed by atoms with E-state index in [0.717, 1.165) is 5.56 Å². The maximum absolute atomic E-state index is 13.3. The summed E-state index contributed by atoms with van der Waals surface area (Å²) in [6, 6.07) is 15.8. The zero-order valence-corrected chi connectivity index (χ0v) is 18.4. The molecule has 0 saturated carbocycles. The van der Waals surface area contributed by atoms with E-state index in [-0.39, 0.29) is 41.5 Å². The van der Waals surface area contributed by atoms with Crippen molar-refractivity contribution in [2.45, 2.75) is 33.2 Å². The lowest BCUT2D eigenvalue weighted by Crippen LogP contribution is -2.34. The molecule has 2 amide bonds. The van der Waals surface area contributed by atoms with Gasteiger partial charge in [0.1, 0.15) is 11.6 Å². The SMILES string of the molecule is CC(C)(C)CC(NC(=O)COc1cccc(NC(=O)c2ccco2)c1)c1ccc(F)cc1. The van der Waals surface area contributed by atoms with Gasteiger partial charge in [0.2, 0.25) is 0 Å². The number of anilines is 1. The van der Waals surface area contributed by atoms with Crippen LogP contribution in [0.25, 0.3) is 0 Å². The average molecular weight is 438 g/mol. The predicted octanol–water partition coefficient (Wildman–Crippen LogP) is 5.34. The highest BCUT2D eigenvalue weighted by Crippen LogP contribution is 2.29. The molecule has 0 bridgehead atoms. The third kappa shape index (κ3) is 6.97. The number of furan rings is 1. The fourth-order valence-corrected chi connectivity index (χ4v) is 3.21. The van der Waals surface area contributed by atoms with E-state index in [1.165, 1.54) is 18.4 Å². The maximum Gasteiger partial charge on any atom is 0.291 e. The highest BCUT2D eigenvalue weighted by molar-refractivity contribution is 6.02. The van der Waals surface area contributed by atoms with Gasteiger partial charge < -0.3 is 19.8 Å². The van der Waals surface area contributed by atoms with Crippen molar-refractivity contribution < 1.29 is 23.1 Å². The Hall–Kier alpha value is -3.61. The lowest BCUT2D eigenvalue weighted by molar-refractivity contribution is -0.124. The van der Waals surface area contributed by atoms with Crippen LogP contribution in [0, 0.1) is 11.2 Å². The van der Waals surface area contributed by atoms with Gasteiger partial charge in [-0.25, -0.2) is 4.39 Å². The van der Waals surface area contributed by atoms with Gasteiger partial charge in [0.25, 0.3) is 11.8 Å². The van der Waals surface area contributed by atoms with Crippen molar-refractivity contribution >= 4 is 17.5 Å². The molecule has 1 aromatic heterocycles. The highest BCUT2D eigenvalue weighted by atomic mass is 19.1. The first-order valence-electron chi connectivity index (χ1n) is 10.3. The minimum absolute atomic E-state index is 0.0479. The maximum atomic E-state index is 13.3. The molecule has 0 spiro atoms. The van der Waals surface area contributed by atoms with Gasteiger partial charge in [0, 0.05) is 11.8 Å². The summed E-state index contributed by atoms with van der Waals surface area (Å²) in [6.45, 7) is 6.04. The Balaban J connectivity index is 1.60. The van der Waals surface area contributed by atoms with Crippen LogP contribution in [0.3, 0.4) is 0 Å². The third-order valence-corrected chi connectivity index (χ3v) is 4.63. The first-order valence-corrected chi connectivity index (χ1v) is 10.3. The van der Waals surface area contributed by atoms with Gasteiger partial charge >= 0.3 is 0 Å². The molecule has 0 radical (unpaired) electrons. The first-order chi connectivity index (χ1) is 15.2. The fraction of sp³-hybridized carbons (Fsp3) is 0.280. The van der Waals surface area contributed by atoms with Crippen molar-refractivity contribution in [2.75, 3.05) is 11.9 Å². The number of benzene rings is 2. The molecule has 1 heterocycles. The summed E-state index contributed by atoms with van der Waals surface area (Å²) in [5.41, 5.74) is 1.30. The molecule has 6 nitrogen and oxygen atoms in total. The Kier molecular flexibility index (Phi) is 7.30. The van der Waals surface area contributed by atoms with Crippen LogP contribution in [0.1, 0.15) is 49.4 Å². The predicted molar refractivity (Wildman–Crippen MR) is 120 cm³/mol. The molecule has 0 aliphatic rings. The molecule has 0 fully saturated rings. The largest absolute Gasteiger partial charge is 0.484 e. The van der Waals surface area contributed by atoms with Crippen molar-refractivity contribution in [3.8, 4) is 5.75 Å². The summed E-state index contributed by atoms with van der Waals surface area (Å²) in [6.07, 6.45) is 2.10. The second-order valence-corrected chi connectivity index (χ2v) is 8.68. The Morgan fingerprint density at radius 2 is 1.81 bits per heavy atom. The second kappa shape index (κ2) is 10.1. The van der Waals surface area contributed by atoms with Gasteiger partial charge in [-0.2, -0.15) is 0 Å². The highest BCUT2D eigenvalue weighted by Gasteiger charge is 2.22. The van der Waals surface area contributed by atoms with E-state index in [0.29, 0.717) is 17.9 Å². The molecular formula is C25H27FN2O4. The smallest absolute Gasteiger partial charge is 0.291 e. The van der Waals surface area contributed by atoms with E-state index in [1.54, 1.807) is 48.5 Å². The van der Waals surface area contributed by atoms with Gasteiger partial charge in [-0.05, 0) is 53.8 Å². The molecule has 0 saturated heterocycles. The molecule has 7 heteroatoms. The fourth-order valence-electron chi connectivity index (χ4n) is 3.21. The molecule has 168 valence electrons. The standard InChI is InChI=1S/C25H27FN2O4/c1-25(2,3)15-21(17-9-11-18(26)12-10-17)28-23(29)16-32-20-7-4-6-19(14-20)27-24(30)22-8-5-13-31-22/h4-14,21H,15-16H2,1-3H3,(H,27,30)(H,28,29). The lowest BCUT2D eigenvalue weighted by atomic mass is 9.85. The summed E-state index contributed by atoms with van der Waals surface area (Å²) in [5.74, 6) is -0.368. The van der Waals surface area contributed by atoms with Crippen LogP contribution in [0.4, 0.5) is 10.1 Å². The number of carbonyl (C=O) groups excluding carboxylic acids is 2. The summed E-state index contributed by atoms with van der Waals surface area (Å²) >= 11 is 0. The monoisotopic (exact) mass is 438 g/mol. The van der Waals surface area contributed by atoms with Crippen LogP contribution in [0.15, 0.2) is 71.3 Å². The van der Waals surface area contributed by atoms with Crippen LogP contribution in [-0.2, 0) is 4.79 Å². The van der Waals surface area contributed by atoms with Crippen molar-refractivity contribution in [1.82, 2.24) is 5.32 Å². The normalized spacial score (nSPS) is 12.1. The van der Waals surface area contributed by atoms with Crippen LogP contribution >= 0.6 is 0 Å². The zero-order chi connectivity index (χ0) is 23.1. The number of hydrogen-bond acceptors (Lipinski definition) is 4. The van der Waals surface area contributed by atoms with E-state index in [2.05, 4.69) is 31.4 Å². The van der Waals surface area contributed by atoms with Crippen LogP contribution in [0.2, 0.25) is 0 Å². The second-order valence-electron chi connectivity index (χ2n) is 8.68. The van der Waals surface area contributed by atoms with E-state index >= 15 is 0 Å². The van der Waals surface area contributed by atoms with Crippen LogP contribution in [-0.4, -0.2) is 18.4 Å². The van der Waals surface area contributed by atoms with E-state index < -0.39 is 0 Å². The summed E-state index contributed by atoms with van der Waals surface area (Å²) < 4.78 is 24.0. The number of hydrogen-bond donors (Lipinski definition) is 2. The van der Waals surface area contributed by atoms with Crippen molar-refractivity contribution in [1.29, 1.82) is 0 Å². The van der Waals surface area contributed by atoms with Crippen molar-refractivity contribution in [3.05, 3.63) is 84.1 Å². The number of halogens is 1. The zero-order valence-electron chi connectivity index (χ0n) is 18.4. The van der Waals surface area contributed by atoms with Gasteiger partial charge in [-0.3, -0.25) is 9.59 Å². The molecule has 1 unspecified atom stereocenters. The Labute approximate surface area is 186 Å². The third-order valence-electron chi connectivity index (χ3n) is 4.63. The summed E-state index contributed by atoms with van der Waals surface area (Å²) in [4.78, 5) is 24.7. The van der Waals surface area contributed by atoms with E-state index in [4.69, 9.17) is 9.15 Å². The van der Waals surface area contributed by atoms with Gasteiger partial charge in [0.15, 0.2) is 12.4 Å². The number of nitrogens with one attached hydrogen (secondary N) is 2. The molecule has 1 atom stereocenters. The summed E-state index contributed by atoms with van der Waals surface area (Å²) in [7, 11) is 0. The van der Waals surface area contributed by atoms with Gasteiger partial charge in [-0.15, -0.1) is 0 Å². The molecule has 3 rings (SSSR count). The van der Waals surface area contributed by atoms with Gasteiger partial charge in [-0.1, -0.05) is 39.0 Å². The Morgan fingerprint density at radius 3 is 2.47 bits per heavy atom. The Bertz CT molecular complexity index is 1040. The number of rotatable bonds is 8. The molecule has 2 N–H and O–H groups in total. The van der Waals surface area contributed by atoms with E-state index in [9.17, 15) is 14.0 Å². The Morgan fingerprint density at radius 1 is 1.06 bits per heavy atom. The number of carbonyl (C=O) groups is 2. The van der Waals surface area contributed by atoms with Gasteiger partial charge in [0.05, 0.1) is 12.3 Å². The molecule has 0 aliphatic heterocycles. The molecule has 3 aromatic rings. The quantitative estimate of drug-likeness (QED) is 0.497. The first kappa shape index (κ1) is 23.1. The summed E-state index contributed by atoms with van der Waals surface area (Å²) in [5, 5.41) is 5.69. The van der Waals surface area contributed by atoms with Crippen molar-refractivity contribution in [2.24, 2.45) is 5.41 Å². The topological polar surface area (TPSA) is 80.6 Å². The van der Waals surface area contributed by atoms with Crippen LogP contribution in [0.5, 0.6) is 5.75 Å². The van der Waals surface area contributed by atoms with E-state index in [1.807, 2.05) is 0 Å². The van der Waals surface area contributed by atoms with Crippen molar-refractivity contribution in [3.63, 3.8) is 0 Å². The molecular weight excluding hydrogens is 411 g/mol. The number of ether oxygens (including phenoxy) is 1. The molecule has 2 aromatic carbocycles.